The van der Waals surface area contributed by atoms with Crippen LogP contribution in [-0.4, -0.2) is 21.7 Å². The van der Waals surface area contributed by atoms with Crippen LogP contribution in [0.2, 0.25) is 0 Å². The summed E-state index contributed by atoms with van der Waals surface area (Å²) in [5.41, 5.74) is 0. The van der Waals surface area contributed by atoms with Crippen molar-refractivity contribution >= 4 is 41.0 Å². The fraction of sp³-hybridized carbons (Fsp3) is 0.400. The molecule has 0 saturated carbocycles. The van der Waals surface area contributed by atoms with Crippen molar-refractivity contribution in [1.29, 1.82) is 0 Å². The number of hydrogen-bond donors (Lipinski definition) is 2. The normalized spacial score (nSPS) is 10.5. The standard InChI is InChI=1S/C4H5Cl3.CH2O3/c1-3(5)2-4(6)7;2-1(3)4/h2-3H,1H3;(H2,2,3,4). The van der Waals surface area contributed by atoms with Crippen molar-refractivity contribution in [3.63, 3.8) is 0 Å². The summed E-state index contributed by atoms with van der Waals surface area (Å²) in [6.07, 6.45) is -0.287. The van der Waals surface area contributed by atoms with Gasteiger partial charge in [-0.2, -0.15) is 0 Å². The molecule has 3 nitrogen and oxygen atoms in total. The van der Waals surface area contributed by atoms with Gasteiger partial charge in [-0.25, -0.2) is 4.79 Å². The second-order valence-corrected chi connectivity index (χ2v) is 3.11. The number of allylic oxidation sites excluding steroid dienone is 1. The van der Waals surface area contributed by atoms with E-state index in [1.165, 1.54) is 0 Å². The first-order chi connectivity index (χ1) is 4.86. The highest BCUT2D eigenvalue weighted by atomic mass is 35.5. The molecule has 0 aromatic rings. The van der Waals surface area contributed by atoms with E-state index in [4.69, 9.17) is 49.8 Å². The van der Waals surface area contributed by atoms with Gasteiger partial charge in [0.1, 0.15) is 4.49 Å². The van der Waals surface area contributed by atoms with Gasteiger partial charge in [0.05, 0.1) is 5.38 Å². The molecule has 6 heteroatoms. The molecule has 0 aliphatic carbocycles. The summed E-state index contributed by atoms with van der Waals surface area (Å²) < 4.78 is 0.225. The minimum absolute atomic E-state index is 0.0787. The topological polar surface area (TPSA) is 57.5 Å². The Morgan fingerprint density at radius 2 is 1.73 bits per heavy atom. The predicted molar refractivity (Wildman–Crippen MR) is 45.8 cm³/mol. The lowest BCUT2D eigenvalue weighted by Crippen LogP contribution is -1.81. The zero-order valence-corrected chi connectivity index (χ0v) is 7.86. The fourth-order valence-corrected chi connectivity index (χ4v) is 0.807. The summed E-state index contributed by atoms with van der Waals surface area (Å²) in [7, 11) is 0. The first kappa shape index (κ1) is 13.5. The second kappa shape index (κ2) is 7.98. The van der Waals surface area contributed by atoms with Crippen LogP contribution in [0, 0.1) is 0 Å². The molecule has 0 spiro atoms. The number of alkyl halides is 1. The molecule has 0 saturated heterocycles. The van der Waals surface area contributed by atoms with Crippen LogP contribution in [0.1, 0.15) is 6.92 Å². The first-order valence-corrected chi connectivity index (χ1v) is 3.64. The molecular weight excluding hydrogens is 214 g/mol. The van der Waals surface area contributed by atoms with Gasteiger partial charge in [0, 0.05) is 0 Å². The molecule has 0 amide bonds. The zero-order chi connectivity index (χ0) is 9.44. The molecular formula is C5H7Cl3O3. The Morgan fingerprint density at radius 1 is 1.45 bits per heavy atom. The van der Waals surface area contributed by atoms with Gasteiger partial charge in [0.15, 0.2) is 0 Å². The van der Waals surface area contributed by atoms with Crippen LogP contribution in [-0.2, 0) is 0 Å². The molecule has 1 atom stereocenters. The van der Waals surface area contributed by atoms with Crippen molar-refractivity contribution in [2.45, 2.75) is 12.3 Å². The van der Waals surface area contributed by atoms with Gasteiger partial charge in [0.25, 0.3) is 0 Å². The van der Waals surface area contributed by atoms with E-state index in [2.05, 4.69) is 0 Å². The lowest BCUT2D eigenvalue weighted by molar-refractivity contribution is 0.137. The summed E-state index contributed by atoms with van der Waals surface area (Å²) in [6, 6.07) is 0. The second-order valence-electron chi connectivity index (χ2n) is 1.42. The van der Waals surface area contributed by atoms with E-state index in [9.17, 15) is 0 Å². The minimum Gasteiger partial charge on any atom is -0.450 e. The largest absolute Gasteiger partial charge is 0.503 e. The van der Waals surface area contributed by atoms with E-state index < -0.39 is 6.16 Å². The lowest BCUT2D eigenvalue weighted by Gasteiger charge is -1.87. The smallest absolute Gasteiger partial charge is 0.450 e. The number of carbonyl (C=O) groups is 1. The van der Waals surface area contributed by atoms with E-state index in [0.29, 0.717) is 0 Å². The van der Waals surface area contributed by atoms with E-state index in [0.717, 1.165) is 0 Å². The van der Waals surface area contributed by atoms with Gasteiger partial charge in [-0.05, 0) is 13.0 Å². The lowest BCUT2D eigenvalue weighted by atomic mass is 10.5. The SMILES string of the molecule is CC(Cl)C=C(Cl)Cl.O=C(O)O. The maximum atomic E-state index is 8.56. The van der Waals surface area contributed by atoms with Crippen LogP contribution < -0.4 is 0 Å². The third-order valence-electron chi connectivity index (χ3n) is 0.356. The quantitative estimate of drug-likeness (QED) is 0.669. The maximum Gasteiger partial charge on any atom is 0.503 e. The van der Waals surface area contributed by atoms with Gasteiger partial charge in [-0.1, -0.05) is 23.2 Å². The average Bonchev–Trinajstić information content (AvgIpc) is 1.56. The third-order valence-corrected chi connectivity index (χ3v) is 0.734. The van der Waals surface area contributed by atoms with Crippen LogP contribution in [0.25, 0.3) is 0 Å². The number of rotatable bonds is 1. The van der Waals surface area contributed by atoms with Crippen LogP contribution in [0.4, 0.5) is 4.79 Å². The molecule has 1 unspecified atom stereocenters. The molecule has 2 N–H and O–H groups in total. The molecule has 0 rings (SSSR count). The molecule has 11 heavy (non-hydrogen) atoms. The molecule has 0 heterocycles. The van der Waals surface area contributed by atoms with E-state index in [1.54, 1.807) is 13.0 Å². The van der Waals surface area contributed by atoms with Gasteiger partial charge < -0.3 is 10.2 Å². The van der Waals surface area contributed by atoms with Crippen LogP contribution in [0.5, 0.6) is 0 Å². The van der Waals surface area contributed by atoms with Gasteiger partial charge in [0.2, 0.25) is 0 Å². The van der Waals surface area contributed by atoms with Crippen molar-refractivity contribution in [3.8, 4) is 0 Å². The number of carboxylic acid groups (broad SMARTS) is 2. The molecule has 0 bridgehead atoms. The molecule has 0 radical (unpaired) electrons. The van der Waals surface area contributed by atoms with Crippen molar-refractivity contribution in [2.24, 2.45) is 0 Å². The summed E-state index contributed by atoms with van der Waals surface area (Å²) in [4.78, 5) is 8.56. The Morgan fingerprint density at radius 3 is 1.73 bits per heavy atom. The van der Waals surface area contributed by atoms with Crippen molar-refractivity contribution in [2.75, 3.05) is 0 Å². The van der Waals surface area contributed by atoms with Crippen LogP contribution >= 0.6 is 34.8 Å². The number of halogens is 3. The highest BCUT2D eigenvalue weighted by Crippen LogP contribution is 2.09. The van der Waals surface area contributed by atoms with Gasteiger partial charge in [-0.15, -0.1) is 11.6 Å². The average molecular weight is 221 g/mol. The summed E-state index contributed by atoms with van der Waals surface area (Å²) in [5, 5.41) is 13.9. The Balaban J connectivity index is 0. The Hall–Kier alpha value is -0.120. The predicted octanol–water partition coefficient (Wildman–Crippen LogP) is 3.16. The summed E-state index contributed by atoms with van der Waals surface area (Å²) in [5.74, 6) is 0. The molecule has 0 fully saturated rings. The van der Waals surface area contributed by atoms with Crippen LogP contribution in [0.15, 0.2) is 10.6 Å². The Kier molecular flexibility index (Phi) is 9.77. The molecule has 0 aliphatic heterocycles. The third kappa shape index (κ3) is 40.8. The maximum absolute atomic E-state index is 8.56. The van der Waals surface area contributed by atoms with E-state index in [-0.39, 0.29) is 9.87 Å². The first-order valence-electron chi connectivity index (χ1n) is 2.45. The van der Waals surface area contributed by atoms with Gasteiger partial charge in [-0.3, -0.25) is 0 Å². The molecule has 0 aromatic heterocycles. The van der Waals surface area contributed by atoms with E-state index in [1.807, 2.05) is 0 Å². The molecule has 0 aromatic carbocycles. The number of hydrogen-bond acceptors (Lipinski definition) is 1. The Labute approximate surface area is 79.2 Å². The van der Waals surface area contributed by atoms with E-state index >= 15 is 0 Å². The van der Waals surface area contributed by atoms with Crippen molar-refractivity contribution in [1.82, 2.24) is 0 Å². The minimum atomic E-state index is -1.83. The Bertz CT molecular complexity index is 136. The van der Waals surface area contributed by atoms with Crippen molar-refractivity contribution < 1.29 is 15.0 Å². The highest BCUT2D eigenvalue weighted by Gasteiger charge is 1.88. The van der Waals surface area contributed by atoms with Gasteiger partial charge >= 0.3 is 6.16 Å². The molecule has 66 valence electrons. The molecule has 0 aliphatic rings. The fourth-order valence-electron chi connectivity index (χ4n) is 0.174. The summed E-state index contributed by atoms with van der Waals surface area (Å²) in [6.45, 7) is 1.78. The van der Waals surface area contributed by atoms with Crippen molar-refractivity contribution in [3.05, 3.63) is 10.6 Å². The monoisotopic (exact) mass is 220 g/mol. The highest BCUT2D eigenvalue weighted by molar-refractivity contribution is 6.56. The summed E-state index contributed by atoms with van der Waals surface area (Å²) >= 11 is 15.9. The zero-order valence-electron chi connectivity index (χ0n) is 5.59. The van der Waals surface area contributed by atoms with Crippen LogP contribution in [0.3, 0.4) is 0 Å².